The molecule has 2 atom stereocenters. The van der Waals surface area contributed by atoms with Crippen molar-refractivity contribution in [3.8, 4) is 5.75 Å². The molecule has 0 spiro atoms. The first-order valence-electron chi connectivity index (χ1n) is 16.1. The number of fused-ring (bicyclic) bond motifs is 1. The van der Waals surface area contributed by atoms with E-state index in [4.69, 9.17) is 16.3 Å². The molecule has 0 bridgehead atoms. The number of amides is 1. The molecule has 0 fully saturated rings. The van der Waals surface area contributed by atoms with E-state index in [1.165, 1.54) is 22.3 Å². The van der Waals surface area contributed by atoms with Crippen molar-refractivity contribution >= 4 is 29.1 Å². The lowest BCUT2D eigenvalue weighted by molar-refractivity contribution is -0.123. The first-order valence-corrected chi connectivity index (χ1v) is 16.5. The van der Waals surface area contributed by atoms with E-state index >= 15 is 0 Å². The van der Waals surface area contributed by atoms with Crippen LogP contribution in [0.5, 0.6) is 5.75 Å². The number of carbonyl (C=O) groups is 2. The van der Waals surface area contributed by atoms with Crippen molar-refractivity contribution in [2.24, 2.45) is 11.8 Å². The number of carboxylic acids is 1. The lowest BCUT2D eigenvalue weighted by Gasteiger charge is -2.27. The molecule has 2 aromatic carbocycles. The third kappa shape index (κ3) is 8.99. The fraction of sp³-hybridized carbons (Fsp3) is 0.421. The molecule has 240 valence electrons. The Morgan fingerprint density at radius 2 is 1.91 bits per heavy atom. The highest BCUT2D eigenvalue weighted by Crippen LogP contribution is 2.44. The number of carbonyl (C=O) groups excluding carboxylic acids is 1. The third-order valence-corrected chi connectivity index (χ3v) is 9.08. The van der Waals surface area contributed by atoms with Crippen LogP contribution in [-0.4, -0.2) is 55.7 Å². The second-order valence-electron chi connectivity index (χ2n) is 12.4. The van der Waals surface area contributed by atoms with Crippen LogP contribution in [0.1, 0.15) is 79.9 Å². The summed E-state index contributed by atoms with van der Waals surface area (Å²) in [6, 6.07) is 13.9. The highest BCUT2D eigenvalue weighted by molar-refractivity contribution is 6.29. The molecule has 4 rings (SSSR count). The maximum absolute atomic E-state index is 11.8. The number of ether oxygens (including phenoxy) is 1. The van der Waals surface area contributed by atoms with Gasteiger partial charge in [-0.15, -0.1) is 0 Å². The molecule has 2 aromatic rings. The minimum Gasteiger partial charge on any atom is -0.493 e. The molecule has 0 heterocycles. The maximum Gasteiger partial charge on any atom is 0.335 e. The number of aromatic carboxylic acids is 1. The number of likely N-dealkylation sites (N-methyl/N-ethyl adjacent to an activating group) is 1. The second-order valence-corrected chi connectivity index (χ2v) is 12.9. The highest BCUT2D eigenvalue weighted by atomic mass is 35.5. The normalized spacial score (nSPS) is 17.6. The van der Waals surface area contributed by atoms with Crippen LogP contribution in [0.15, 0.2) is 82.4 Å². The summed E-state index contributed by atoms with van der Waals surface area (Å²) in [6.07, 6.45) is 11.1. The molecule has 0 aliphatic heterocycles. The average molecular weight is 631 g/mol. The summed E-state index contributed by atoms with van der Waals surface area (Å²) < 4.78 is 6.26. The summed E-state index contributed by atoms with van der Waals surface area (Å²) in [5.74, 6) is 0.640. The van der Waals surface area contributed by atoms with E-state index < -0.39 is 5.97 Å². The van der Waals surface area contributed by atoms with Crippen molar-refractivity contribution in [2.75, 3.05) is 33.8 Å². The van der Waals surface area contributed by atoms with Crippen molar-refractivity contribution in [3.05, 3.63) is 105 Å². The number of allylic oxidation sites excluding steroid dienone is 5. The minimum atomic E-state index is -0.900. The second kappa shape index (κ2) is 16.1. The van der Waals surface area contributed by atoms with Gasteiger partial charge in [-0.3, -0.25) is 4.79 Å². The zero-order chi connectivity index (χ0) is 32.5. The molecular weight excluding hydrogens is 584 g/mol. The van der Waals surface area contributed by atoms with Gasteiger partial charge in [0.15, 0.2) is 0 Å². The molecule has 2 N–H and O–H groups in total. The number of aryl methyl sites for hydroxylation is 1. The van der Waals surface area contributed by atoms with Crippen molar-refractivity contribution in [3.63, 3.8) is 0 Å². The van der Waals surface area contributed by atoms with Gasteiger partial charge in [0.2, 0.25) is 5.91 Å². The summed E-state index contributed by atoms with van der Waals surface area (Å²) in [7, 11) is 3.49. The van der Waals surface area contributed by atoms with Crippen LogP contribution in [0.4, 0.5) is 0 Å². The summed E-state index contributed by atoms with van der Waals surface area (Å²) >= 11 is 6.49. The Bertz CT molecular complexity index is 1500. The summed E-state index contributed by atoms with van der Waals surface area (Å²) in [5, 5.41) is 13.9. The van der Waals surface area contributed by atoms with E-state index in [0.29, 0.717) is 30.6 Å². The van der Waals surface area contributed by atoms with Crippen molar-refractivity contribution < 1.29 is 19.4 Å². The quantitative estimate of drug-likeness (QED) is 0.173. The van der Waals surface area contributed by atoms with Crippen LogP contribution in [0.2, 0.25) is 0 Å². The van der Waals surface area contributed by atoms with Gasteiger partial charge in [0, 0.05) is 31.7 Å². The first-order chi connectivity index (χ1) is 21.6. The zero-order valence-electron chi connectivity index (χ0n) is 27.3. The molecule has 0 aromatic heterocycles. The Balaban J connectivity index is 1.54. The van der Waals surface area contributed by atoms with E-state index in [1.807, 2.05) is 18.2 Å². The summed E-state index contributed by atoms with van der Waals surface area (Å²) in [4.78, 5) is 25.0. The Morgan fingerprint density at radius 3 is 2.58 bits per heavy atom. The molecule has 7 heteroatoms. The van der Waals surface area contributed by atoms with Gasteiger partial charge in [-0.25, -0.2) is 4.79 Å². The van der Waals surface area contributed by atoms with E-state index in [1.54, 1.807) is 31.1 Å². The third-order valence-electron chi connectivity index (χ3n) is 8.81. The van der Waals surface area contributed by atoms with Gasteiger partial charge in [-0.05, 0) is 127 Å². The minimum absolute atomic E-state index is 0.0106. The first kappa shape index (κ1) is 34.3. The fourth-order valence-corrected chi connectivity index (χ4v) is 6.74. The number of nitrogens with zero attached hydrogens (tertiary/aromatic N) is 1. The molecule has 6 nitrogen and oxygen atoms in total. The number of hydrogen-bond acceptors (Lipinski definition) is 4. The Morgan fingerprint density at radius 1 is 1.16 bits per heavy atom. The lowest BCUT2D eigenvalue weighted by atomic mass is 9.78. The molecule has 45 heavy (non-hydrogen) atoms. The van der Waals surface area contributed by atoms with Crippen LogP contribution < -0.4 is 10.1 Å². The van der Waals surface area contributed by atoms with Gasteiger partial charge < -0.3 is 20.1 Å². The maximum atomic E-state index is 11.8. The largest absolute Gasteiger partial charge is 0.493 e. The van der Waals surface area contributed by atoms with Gasteiger partial charge in [-0.1, -0.05) is 56.1 Å². The zero-order valence-corrected chi connectivity index (χ0v) is 28.0. The molecule has 2 aliphatic carbocycles. The lowest BCUT2D eigenvalue weighted by Crippen LogP contribution is -2.22. The predicted octanol–water partition coefficient (Wildman–Crippen LogP) is 8.03. The number of hydrogen-bond donors (Lipinski definition) is 2. The van der Waals surface area contributed by atoms with Crippen molar-refractivity contribution in [2.45, 2.75) is 59.3 Å². The standard InChI is InChI=1S/C38H47ClN2O4/c1-6-27(18-20-40-19-8-11-35(42)41(4)5)24-45-32-15-12-28(13-16-32)37-33-17-14-30(38(43)44)23-29(33)9-7-10-34(37)36-25(2)21-31(39)22-26(36)3/h8,11-17,21,23,26-27,40H,6-7,9-10,18-20,22,24H2,1-5H3,(H,43,44)/b11-8+/t26?,27-/m1/s1. The Labute approximate surface area is 273 Å². The van der Waals surface area contributed by atoms with Crippen LogP contribution in [0, 0.1) is 11.8 Å². The van der Waals surface area contributed by atoms with Gasteiger partial charge in [0.25, 0.3) is 0 Å². The number of carboxylic acid groups (broad SMARTS) is 1. The Hall–Kier alpha value is -3.61. The topological polar surface area (TPSA) is 78.9 Å². The molecule has 1 unspecified atom stereocenters. The number of benzene rings is 2. The highest BCUT2D eigenvalue weighted by Gasteiger charge is 2.27. The SMILES string of the molecule is CC[C@H](CCNC/C=C/C(=O)N(C)C)COc1ccc(C2=C(C3=C(C)C=C(Cl)CC3C)CCCc3cc(C(=O)O)ccc32)cc1. The molecule has 0 saturated carbocycles. The van der Waals surface area contributed by atoms with E-state index in [2.05, 4.69) is 56.4 Å². The molecule has 1 amide bonds. The molecule has 0 radical (unpaired) electrons. The van der Waals surface area contributed by atoms with E-state index in [9.17, 15) is 14.7 Å². The van der Waals surface area contributed by atoms with Crippen LogP contribution >= 0.6 is 11.6 Å². The van der Waals surface area contributed by atoms with Crippen LogP contribution in [0.3, 0.4) is 0 Å². The van der Waals surface area contributed by atoms with Crippen molar-refractivity contribution in [1.82, 2.24) is 10.2 Å². The smallest absolute Gasteiger partial charge is 0.335 e. The van der Waals surface area contributed by atoms with Crippen molar-refractivity contribution in [1.29, 1.82) is 0 Å². The van der Waals surface area contributed by atoms with E-state index in [-0.39, 0.29) is 5.91 Å². The summed E-state index contributed by atoms with van der Waals surface area (Å²) in [5.41, 5.74) is 8.68. The monoisotopic (exact) mass is 630 g/mol. The van der Waals surface area contributed by atoms with Gasteiger partial charge in [0.05, 0.1) is 12.2 Å². The number of nitrogens with one attached hydrogen (secondary N) is 1. The van der Waals surface area contributed by atoms with Crippen LogP contribution in [0.25, 0.3) is 5.57 Å². The van der Waals surface area contributed by atoms with E-state index in [0.717, 1.165) is 72.5 Å². The Kier molecular flexibility index (Phi) is 12.3. The number of rotatable bonds is 13. The average Bonchev–Trinajstić information content (AvgIpc) is 3.19. The molecular formula is C38H47ClN2O4. The molecule has 2 aliphatic rings. The fourth-order valence-electron chi connectivity index (χ4n) is 6.35. The van der Waals surface area contributed by atoms with Gasteiger partial charge in [0.1, 0.15) is 5.75 Å². The van der Waals surface area contributed by atoms with Gasteiger partial charge in [-0.2, -0.15) is 0 Å². The van der Waals surface area contributed by atoms with Gasteiger partial charge >= 0.3 is 5.97 Å². The predicted molar refractivity (Wildman–Crippen MR) is 184 cm³/mol. The summed E-state index contributed by atoms with van der Waals surface area (Å²) in [6.45, 7) is 8.74. The molecule has 0 saturated heterocycles. The van der Waals surface area contributed by atoms with Crippen LogP contribution in [-0.2, 0) is 11.2 Å². The number of halogens is 1.